The van der Waals surface area contributed by atoms with E-state index in [1.165, 1.54) is 11.1 Å². The molecule has 2 rings (SSSR count). The average molecular weight is 303 g/mol. The Hall–Kier alpha value is -1.35. The zero-order valence-corrected chi connectivity index (χ0v) is 13.5. The van der Waals surface area contributed by atoms with Gasteiger partial charge in [-0.3, -0.25) is 4.90 Å². The van der Waals surface area contributed by atoms with E-state index in [0.29, 0.717) is 6.54 Å². The quantitative estimate of drug-likeness (QED) is 0.873. The fourth-order valence-electron chi connectivity index (χ4n) is 2.73. The molecule has 2 nitrogen and oxygen atoms in total. The number of nitrogens with zero attached hydrogens (tertiary/aromatic N) is 1. The third kappa shape index (κ3) is 3.85. The van der Waals surface area contributed by atoms with Gasteiger partial charge in [0.2, 0.25) is 0 Å². The zero-order valence-electron chi connectivity index (χ0n) is 12.7. The number of nitrogens with two attached hydrogens (primary N) is 1. The number of aryl methyl sites for hydroxylation is 1. The predicted molar refractivity (Wildman–Crippen MR) is 90.5 cm³/mol. The molecule has 3 heteroatoms. The Morgan fingerprint density at radius 2 is 1.67 bits per heavy atom. The largest absolute Gasteiger partial charge is 0.329 e. The molecule has 0 spiro atoms. The highest BCUT2D eigenvalue weighted by molar-refractivity contribution is 6.31. The van der Waals surface area contributed by atoms with Gasteiger partial charge in [-0.05, 0) is 36.2 Å². The van der Waals surface area contributed by atoms with Gasteiger partial charge in [0.25, 0.3) is 0 Å². The monoisotopic (exact) mass is 302 g/mol. The molecule has 0 aromatic heterocycles. The standard InChI is InChI=1S/C18H23ClN2/c1-3-14-8-4-6-10-16(14)18(12-20)21(2)13-15-9-5-7-11-17(15)19/h4-11,18H,3,12-13,20H2,1-2H3. The minimum absolute atomic E-state index is 0.206. The molecular weight excluding hydrogens is 280 g/mol. The molecule has 112 valence electrons. The summed E-state index contributed by atoms with van der Waals surface area (Å²) < 4.78 is 0. The van der Waals surface area contributed by atoms with Gasteiger partial charge >= 0.3 is 0 Å². The molecule has 0 fully saturated rings. The lowest BCUT2D eigenvalue weighted by Gasteiger charge is -2.29. The van der Waals surface area contributed by atoms with Gasteiger partial charge in [0.1, 0.15) is 0 Å². The Morgan fingerprint density at radius 1 is 1.05 bits per heavy atom. The van der Waals surface area contributed by atoms with Crippen LogP contribution in [0.1, 0.15) is 29.7 Å². The maximum Gasteiger partial charge on any atom is 0.0473 e. The van der Waals surface area contributed by atoms with Gasteiger partial charge in [0, 0.05) is 24.2 Å². The highest BCUT2D eigenvalue weighted by Gasteiger charge is 2.18. The number of halogens is 1. The molecule has 2 aromatic carbocycles. The van der Waals surface area contributed by atoms with Gasteiger partial charge in [-0.15, -0.1) is 0 Å². The van der Waals surface area contributed by atoms with Crippen LogP contribution in [0, 0.1) is 0 Å². The molecule has 21 heavy (non-hydrogen) atoms. The summed E-state index contributed by atoms with van der Waals surface area (Å²) in [6.07, 6.45) is 1.02. The summed E-state index contributed by atoms with van der Waals surface area (Å²) >= 11 is 6.26. The van der Waals surface area contributed by atoms with E-state index >= 15 is 0 Å². The van der Waals surface area contributed by atoms with E-state index in [-0.39, 0.29) is 6.04 Å². The second-order valence-corrected chi connectivity index (χ2v) is 5.72. The Morgan fingerprint density at radius 3 is 2.29 bits per heavy atom. The number of likely N-dealkylation sites (N-methyl/N-ethyl adjacent to an activating group) is 1. The molecule has 0 aliphatic rings. The average Bonchev–Trinajstić information content (AvgIpc) is 2.51. The van der Waals surface area contributed by atoms with Crippen molar-refractivity contribution in [3.8, 4) is 0 Å². The first-order valence-electron chi connectivity index (χ1n) is 7.38. The van der Waals surface area contributed by atoms with Crippen LogP contribution in [-0.2, 0) is 13.0 Å². The lowest BCUT2D eigenvalue weighted by Crippen LogP contribution is -2.31. The van der Waals surface area contributed by atoms with E-state index in [4.69, 9.17) is 17.3 Å². The summed E-state index contributed by atoms with van der Waals surface area (Å²) in [7, 11) is 2.10. The highest BCUT2D eigenvalue weighted by atomic mass is 35.5. The smallest absolute Gasteiger partial charge is 0.0473 e. The molecule has 0 aliphatic carbocycles. The first-order valence-corrected chi connectivity index (χ1v) is 7.76. The van der Waals surface area contributed by atoms with E-state index in [9.17, 15) is 0 Å². The molecule has 0 radical (unpaired) electrons. The molecule has 0 amide bonds. The maximum absolute atomic E-state index is 6.26. The van der Waals surface area contributed by atoms with Crippen molar-refractivity contribution in [1.29, 1.82) is 0 Å². The van der Waals surface area contributed by atoms with Gasteiger partial charge < -0.3 is 5.73 Å². The van der Waals surface area contributed by atoms with Crippen LogP contribution in [-0.4, -0.2) is 18.5 Å². The summed E-state index contributed by atoms with van der Waals surface area (Å²) in [5, 5.41) is 0.809. The predicted octanol–water partition coefficient (Wildman–Crippen LogP) is 4.03. The number of hydrogen-bond acceptors (Lipinski definition) is 2. The molecule has 2 N–H and O–H groups in total. The minimum Gasteiger partial charge on any atom is -0.329 e. The first kappa shape index (κ1) is 16.0. The van der Waals surface area contributed by atoms with Crippen LogP contribution in [0.5, 0.6) is 0 Å². The molecule has 0 bridgehead atoms. The Labute approximate surface area is 132 Å². The third-order valence-electron chi connectivity index (χ3n) is 3.93. The van der Waals surface area contributed by atoms with E-state index < -0.39 is 0 Å². The Kier molecular flexibility index (Phi) is 5.80. The number of rotatable bonds is 6. The van der Waals surface area contributed by atoms with Crippen LogP contribution in [0.25, 0.3) is 0 Å². The van der Waals surface area contributed by atoms with Crippen LogP contribution < -0.4 is 5.73 Å². The molecule has 1 unspecified atom stereocenters. The Bertz CT molecular complexity index is 583. The number of hydrogen-bond donors (Lipinski definition) is 1. The van der Waals surface area contributed by atoms with Crippen molar-refractivity contribution < 1.29 is 0 Å². The lowest BCUT2D eigenvalue weighted by atomic mass is 9.97. The van der Waals surface area contributed by atoms with Crippen molar-refractivity contribution in [2.75, 3.05) is 13.6 Å². The normalized spacial score (nSPS) is 12.6. The summed E-state index contributed by atoms with van der Waals surface area (Å²) in [4.78, 5) is 2.27. The van der Waals surface area contributed by atoms with E-state index in [1.807, 2.05) is 18.2 Å². The maximum atomic E-state index is 6.26. The van der Waals surface area contributed by atoms with Crippen molar-refractivity contribution in [3.63, 3.8) is 0 Å². The van der Waals surface area contributed by atoms with Crippen LogP contribution in [0.15, 0.2) is 48.5 Å². The molecule has 0 saturated heterocycles. The summed E-state index contributed by atoms with van der Waals surface area (Å²) in [5.41, 5.74) is 9.86. The second kappa shape index (κ2) is 7.60. The topological polar surface area (TPSA) is 29.3 Å². The van der Waals surface area contributed by atoms with Gasteiger partial charge in [-0.2, -0.15) is 0 Å². The number of benzene rings is 2. The minimum atomic E-state index is 0.206. The molecular formula is C18H23ClN2. The molecule has 0 aliphatic heterocycles. The van der Waals surface area contributed by atoms with E-state index in [2.05, 4.69) is 49.2 Å². The zero-order chi connectivity index (χ0) is 15.2. The Balaban J connectivity index is 2.23. The van der Waals surface area contributed by atoms with Crippen molar-refractivity contribution in [1.82, 2.24) is 4.90 Å². The second-order valence-electron chi connectivity index (χ2n) is 5.31. The molecule has 0 saturated carbocycles. The van der Waals surface area contributed by atoms with Gasteiger partial charge in [0.05, 0.1) is 0 Å². The molecule has 1 atom stereocenters. The summed E-state index contributed by atoms with van der Waals surface area (Å²) in [6, 6.07) is 16.7. The molecule has 0 heterocycles. The van der Waals surface area contributed by atoms with Crippen LogP contribution in [0.2, 0.25) is 5.02 Å². The van der Waals surface area contributed by atoms with Crippen LogP contribution in [0.3, 0.4) is 0 Å². The fourth-order valence-corrected chi connectivity index (χ4v) is 2.93. The van der Waals surface area contributed by atoms with Crippen LogP contribution >= 0.6 is 11.6 Å². The fraction of sp³-hybridized carbons (Fsp3) is 0.333. The van der Waals surface area contributed by atoms with Crippen LogP contribution in [0.4, 0.5) is 0 Å². The van der Waals surface area contributed by atoms with Crippen molar-refractivity contribution in [2.45, 2.75) is 25.9 Å². The van der Waals surface area contributed by atoms with Gasteiger partial charge in [-0.1, -0.05) is 61.0 Å². The van der Waals surface area contributed by atoms with Gasteiger partial charge in [-0.25, -0.2) is 0 Å². The highest BCUT2D eigenvalue weighted by Crippen LogP contribution is 2.26. The van der Waals surface area contributed by atoms with Crippen molar-refractivity contribution in [2.24, 2.45) is 5.73 Å². The first-order chi connectivity index (χ1) is 10.2. The molecule has 2 aromatic rings. The van der Waals surface area contributed by atoms with E-state index in [1.54, 1.807) is 0 Å². The lowest BCUT2D eigenvalue weighted by molar-refractivity contribution is 0.241. The van der Waals surface area contributed by atoms with Crippen molar-refractivity contribution in [3.05, 3.63) is 70.2 Å². The van der Waals surface area contributed by atoms with Gasteiger partial charge in [0.15, 0.2) is 0 Å². The summed E-state index contributed by atoms with van der Waals surface area (Å²) in [6.45, 7) is 3.57. The third-order valence-corrected chi connectivity index (χ3v) is 4.30. The summed E-state index contributed by atoms with van der Waals surface area (Å²) in [5.74, 6) is 0. The van der Waals surface area contributed by atoms with E-state index in [0.717, 1.165) is 23.6 Å². The SMILES string of the molecule is CCc1ccccc1C(CN)N(C)Cc1ccccc1Cl. The van der Waals surface area contributed by atoms with Crippen molar-refractivity contribution >= 4 is 11.6 Å².